The summed E-state index contributed by atoms with van der Waals surface area (Å²) in [5.74, 6) is -2.17. The molecule has 0 aliphatic carbocycles. The lowest BCUT2D eigenvalue weighted by Crippen LogP contribution is -2.60. The van der Waals surface area contributed by atoms with Gasteiger partial charge >= 0.3 is 13.7 Å². The van der Waals surface area contributed by atoms with Gasteiger partial charge in [0.05, 0.1) is 47.6 Å². The summed E-state index contributed by atoms with van der Waals surface area (Å²) in [7, 11) is 6.66. The van der Waals surface area contributed by atoms with Crippen LogP contribution < -0.4 is 5.32 Å². The van der Waals surface area contributed by atoms with E-state index >= 15 is 0 Å². The van der Waals surface area contributed by atoms with Crippen molar-refractivity contribution < 1.29 is 57.8 Å². The molecule has 0 unspecified atom stereocenters. The predicted octanol–water partition coefficient (Wildman–Crippen LogP) is 2.15. The van der Waals surface area contributed by atoms with Crippen LogP contribution >= 0.6 is 0 Å². The molecule has 4 heterocycles. The van der Waals surface area contributed by atoms with Gasteiger partial charge in [0.15, 0.2) is 12.6 Å². The van der Waals surface area contributed by atoms with E-state index in [1.165, 1.54) is 14.8 Å². The van der Waals surface area contributed by atoms with E-state index in [1.54, 1.807) is 27.7 Å². The molecule has 18 atom stereocenters. The average Bonchev–Trinajstić information content (AvgIpc) is 3.48. The second-order valence-electron chi connectivity index (χ2n) is 17.0. The van der Waals surface area contributed by atoms with Gasteiger partial charge in [0.25, 0.3) is 0 Å². The van der Waals surface area contributed by atoms with E-state index < -0.39 is 89.9 Å². The molecule has 0 saturated carbocycles. The van der Waals surface area contributed by atoms with E-state index in [9.17, 15) is 20.1 Å². The molecule has 1 radical (unpaired) electrons. The minimum atomic E-state index is -1.49. The Kier molecular flexibility index (Phi) is 14.7. The average molecular weight is 744 g/mol. The highest BCUT2D eigenvalue weighted by molar-refractivity contribution is 6.19. The molecule has 0 aromatic heterocycles. The molecular weight excluding hydrogens is 675 g/mol. The predicted molar refractivity (Wildman–Crippen MR) is 193 cm³/mol. The van der Waals surface area contributed by atoms with Gasteiger partial charge < -0.3 is 63.3 Å². The number of rotatable bonds is 7. The molecule has 4 aliphatic rings. The summed E-state index contributed by atoms with van der Waals surface area (Å²) in [6.07, 6.45) is -6.27. The smallest absolute Gasteiger partial charge is 0.459 e. The zero-order valence-electron chi connectivity index (χ0n) is 33.7. The number of ether oxygens (including phenoxy) is 6. The second kappa shape index (κ2) is 17.5. The number of carbonyl (C=O) groups is 1. The number of carbonyl (C=O) groups excluding carboxylic acids is 1. The molecule has 0 spiro atoms. The fourth-order valence-electron chi connectivity index (χ4n) is 8.92. The zero-order valence-corrected chi connectivity index (χ0v) is 33.7. The van der Waals surface area contributed by atoms with Gasteiger partial charge in [-0.3, -0.25) is 4.79 Å². The highest BCUT2D eigenvalue weighted by Crippen LogP contribution is 2.40. The maximum atomic E-state index is 14.4. The molecule has 4 saturated heterocycles. The molecule has 0 bridgehead atoms. The monoisotopic (exact) mass is 743 g/mol. The van der Waals surface area contributed by atoms with E-state index in [0.717, 1.165) is 0 Å². The van der Waals surface area contributed by atoms with Crippen LogP contribution in [-0.2, 0) is 42.5 Å². The number of methoxy groups -OCH3 is 1. The van der Waals surface area contributed by atoms with Crippen LogP contribution in [0.5, 0.6) is 0 Å². The van der Waals surface area contributed by atoms with Crippen LogP contribution in [0.25, 0.3) is 0 Å². The number of hydrogen-bond donors (Lipinski definition) is 4. The largest absolute Gasteiger partial charge is 0.488 e. The van der Waals surface area contributed by atoms with Gasteiger partial charge in [-0.25, -0.2) is 0 Å². The van der Waals surface area contributed by atoms with Gasteiger partial charge in [0.2, 0.25) is 0 Å². The highest BCUT2D eigenvalue weighted by Gasteiger charge is 2.54. The first kappa shape index (κ1) is 43.8. The first-order valence-electron chi connectivity index (χ1n) is 19.2. The number of hydrogen-bond acceptors (Lipinski definition) is 14. The Morgan fingerprint density at radius 1 is 1.02 bits per heavy atom. The van der Waals surface area contributed by atoms with Crippen LogP contribution in [0.2, 0.25) is 0 Å². The SMILES string of the molecule is CC[C@H]1OC(=O)[C@H](C)[C@@H](O[C@@H]2C[C@](C)(OC)[C@H](O)[C@@H](C)O2)[C@H](C)[C@@H](O[C@@H]2O[C@H](C)C[C@H](N(C)C)[C@H]2O)[C@](C)(O)C[C@@H](C)CN[C@H](C)[C@H]2O[B]O[C@@]21C. The van der Waals surface area contributed by atoms with Gasteiger partial charge in [-0.15, -0.1) is 0 Å². The molecule has 4 fully saturated rings. The summed E-state index contributed by atoms with van der Waals surface area (Å²) in [6, 6.07) is -0.440. The van der Waals surface area contributed by atoms with Crippen molar-refractivity contribution in [3.05, 3.63) is 0 Å². The lowest BCUT2D eigenvalue weighted by molar-refractivity contribution is -0.318. The lowest BCUT2D eigenvalue weighted by atomic mass is 9.77. The quantitative estimate of drug-likeness (QED) is 0.221. The molecule has 0 amide bonds. The van der Waals surface area contributed by atoms with Crippen LogP contribution in [-0.4, -0.2) is 152 Å². The maximum absolute atomic E-state index is 14.4. The standard InChI is InChI=1S/C37H68BN2O12/c1-14-26-37(10)32(51-38-52-37)23(6)39-18-19(2)16-35(8,44)31(50-34-28(41)25(40(11)12)15-20(3)46-34)21(4)29(22(5)33(43)48-26)49-27-17-36(9,45-13)30(42)24(7)47-27/h19-32,34,39,41-42,44H,14-18H2,1-13H3/t19-,20-,21+,22-,23-,24-,25+,26-,27-,28-,29+,30-,31-,32-,34+,35-,36+,37-/m1/s1. The summed E-state index contributed by atoms with van der Waals surface area (Å²) in [5, 5.41) is 38.5. The third-order valence-corrected chi connectivity index (χ3v) is 12.2. The number of fused-ring (bicyclic) bond motifs is 1. The van der Waals surface area contributed by atoms with E-state index in [-0.39, 0.29) is 30.5 Å². The molecule has 4 aliphatic heterocycles. The van der Waals surface area contributed by atoms with Crippen LogP contribution in [0.1, 0.15) is 94.9 Å². The number of aliphatic hydroxyl groups is 3. The van der Waals surface area contributed by atoms with E-state index in [1.807, 2.05) is 60.5 Å². The summed E-state index contributed by atoms with van der Waals surface area (Å²) >= 11 is 0. The number of esters is 1. The fourth-order valence-corrected chi connectivity index (χ4v) is 8.92. The van der Waals surface area contributed by atoms with Crippen LogP contribution in [0.4, 0.5) is 0 Å². The van der Waals surface area contributed by atoms with Crippen molar-refractivity contribution in [2.45, 2.75) is 185 Å². The van der Waals surface area contributed by atoms with Crippen molar-refractivity contribution >= 4 is 13.7 Å². The Bertz CT molecular complexity index is 1170. The molecule has 14 nitrogen and oxygen atoms in total. The fraction of sp³-hybridized carbons (Fsp3) is 0.973. The van der Waals surface area contributed by atoms with Crippen LogP contribution in [0, 0.1) is 17.8 Å². The molecule has 0 aromatic carbocycles. The second-order valence-corrected chi connectivity index (χ2v) is 17.0. The number of nitrogens with one attached hydrogen (secondary N) is 1. The van der Waals surface area contributed by atoms with E-state index in [0.29, 0.717) is 25.8 Å². The van der Waals surface area contributed by atoms with Crippen molar-refractivity contribution in [1.82, 2.24) is 10.2 Å². The van der Waals surface area contributed by atoms with Crippen LogP contribution in [0.3, 0.4) is 0 Å². The minimum Gasteiger partial charge on any atom is -0.459 e. The van der Waals surface area contributed by atoms with Gasteiger partial charge in [-0.2, -0.15) is 0 Å². The van der Waals surface area contributed by atoms with Crippen molar-refractivity contribution in [3.63, 3.8) is 0 Å². The molecule has 15 heteroatoms. The third kappa shape index (κ3) is 9.35. The van der Waals surface area contributed by atoms with Crippen molar-refractivity contribution in [2.75, 3.05) is 27.7 Å². The zero-order chi connectivity index (χ0) is 38.9. The summed E-state index contributed by atoms with van der Waals surface area (Å²) in [5.41, 5.74) is -3.46. The van der Waals surface area contributed by atoms with E-state index in [2.05, 4.69) is 5.32 Å². The Labute approximate surface area is 312 Å². The normalized spacial score (nSPS) is 50.1. The number of cyclic esters (lactones) is 1. The molecule has 0 aromatic rings. The van der Waals surface area contributed by atoms with Crippen LogP contribution in [0.15, 0.2) is 0 Å². The minimum absolute atomic E-state index is 0.0489. The number of aliphatic hydroxyl groups excluding tert-OH is 2. The third-order valence-electron chi connectivity index (χ3n) is 12.2. The molecule has 301 valence electrons. The lowest BCUT2D eigenvalue weighted by Gasteiger charge is -2.48. The summed E-state index contributed by atoms with van der Waals surface area (Å²) < 4.78 is 50.0. The van der Waals surface area contributed by atoms with Gasteiger partial charge in [0, 0.05) is 31.5 Å². The topological polar surface area (TPSA) is 167 Å². The van der Waals surface area contributed by atoms with Gasteiger partial charge in [0.1, 0.15) is 23.9 Å². The first-order chi connectivity index (χ1) is 24.2. The summed E-state index contributed by atoms with van der Waals surface area (Å²) in [4.78, 5) is 16.3. The first-order valence-corrected chi connectivity index (χ1v) is 19.2. The Morgan fingerprint density at radius 3 is 2.31 bits per heavy atom. The Balaban J connectivity index is 1.79. The summed E-state index contributed by atoms with van der Waals surface area (Å²) in [6.45, 7) is 19.2. The van der Waals surface area contributed by atoms with E-state index in [4.69, 9.17) is 37.7 Å². The van der Waals surface area contributed by atoms with Gasteiger partial charge in [-0.05, 0) is 94.3 Å². The molecular formula is C37H68BN2O12. The van der Waals surface area contributed by atoms with Gasteiger partial charge in [-0.1, -0.05) is 20.8 Å². The molecule has 52 heavy (non-hydrogen) atoms. The Hall–Kier alpha value is -0.945. The molecule has 4 rings (SSSR count). The maximum Gasteiger partial charge on any atom is 0.488 e. The van der Waals surface area contributed by atoms with Crippen molar-refractivity contribution in [2.24, 2.45) is 17.8 Å². The number of likely N-dealkylation sites (N-methyl/N-ethyl adjacent to an activating group) is 1. The molecule has 4 N–H and O–H groups in total. The Morgan fingerprint density at radius 2 is 1.69 bits per heavy atom. The number of nitrogens with zero attached hydrogens (tertiary/aromatic N) is 1. The van der Waals surface area contributed by atoms with Crippen molar-refractivity contribution in [3.8, 4) is 0 Å². The van der Waals surface area contributed by atoms with Crippen molar-refractivity contribution in [1.29, 1.82) is 0 Å². The highest BCUT2D eigenvalue weighted by atomic mass is 16.7.